The van der Waals surface area contributed by atoms with Gasteiger partial charge in [-0.3, -0.25) is 4.98 Å². The Labute approximate surface area is 159 Å². The molecule has 7 heteroatoms. The molecule has 3 heterocycles. The number of benzene rings is 2. The number of rotatable bonds is 2. The number of halogens is 1. The minimum absolute atomic E-state index is 0. The summed E-state index contributed by atoms with van der Waals surface area (Å²) in [6.45, 7) is 2.01. The van der Waals surface area contributed by atoms with Gasteiger partial charge in [0.2, 0.25) is 4.96 Å². The van der Waals surface area contributed by atoms with Crippen LogP contribution in [0.25, 0.3) is 37.8 Å². The Morgan fingerprint density at radius 1 is 0.923 bits per heavy atom. The van der Waals surface area contributed by atoms with Crippen LogP contribution in [0.5, 0.6) is 0 Å². The van der Waals surface area contributed by atoms with Crippen LogP contribution in [0.1, 0.15) is 5.69 Å². The number of aryl methyl sites for hydroxylation is 1. The third-order valence-electron chi connectivity index (χ3n) is 4.10. The van der Waals surface area contributed by atoms with Crippen LogP contribution < -0.4 is 0 Å². The highest BCUT2D eigenvalue weighted by molar-refractivity contribution is 7.19. The van der Waals surface area contributed by atoms with Gasteiger partial charge in [0.05, 0.1) is 5.52 Å². The fraction of sp³-hybridized carbons (Fsp3) is 0.0526. The molecule has 0 aliphatic rings. The lowest BCUT2D eigenvalue weighted by Gasteiger charge is -2.04. The molecule has 0 radical (unpaired) electrons. The van der Waals surface area contributed by atoms with Gasteiger partial charge in [-0.2, -0.15) is 9.61 Å². The van der Waals surface area contributed by atoms with Crippen molar-refractivity contribution in [2.75, 3.05) is 0 Å². The smallest absolute Gasteiger partial charge is 0.235 e. The molecule has 0 aliphatic heterocycles. The molecule has 0 aliphatic carbocycles. The van der Waals surface area contributed by atoms with Crippen molar-refractivity contribution >= 4 is 39.6 Å². The topological polar surface area (TPSA) is 56.0 Å². The van der Waals surface area contributed by atoms with E-state index in [0.717, 1.165) is 43.5 Å². The summed E-state index contributed by atoms with van der Waals surface area (Å²) < 4.78 is 1.82. The van der Waals surface area contributed by atoms with E-state index in [4.69, 9.17) is 5.10 Å². The maximum atomic E-state index is 4.79. The van der Waals surface area contributed by atoms with Crippen LogP contribution >= 0.6 is 23.7 Å². The molecule has 2 aromatic carbocycles. The number of hydrogen-bond acceptors (Lipinski definition) is 5. The second kappa shape index (κ2) is 6.48. The van der Waals surface area contributed by atoms with Crippen LogP contribution in [-0.4, -0.2) is 24.8 Å². The molecule has 5 aromatic rings. The SMILES string of the molecule is Cc1cc(-c2nn3c(-c4ccccc4)nnc3s2)c2ccccc2n1.Cl. The van der Waals surface area contributed by atoms with E-state index in [0.29, 0.717) is 0 Å². The second-order valence-electron chi connectivity index (χ2n) is 5.82. The molecule has 5 rings (SSSR count). The van der Waals surface area contributed by atoms with E-state index in [1.807, 2.05) is 60.0 Å². The fourth-order valence-corrected chi connectivity index (χ4v) is 3.85. The van der Waals surface area contributed by atoms with Crippen LogP contribution in [0.4, 0.5) is 0 Å². The zero-order valence-corrected chi connectivity index (χ0v) is 15.5. The number of nitrogens with zero attached hydrogens (tertiary/aromatic N) is 5. The quantitative estimate of drug-likeness (QED) is 0.442. The Hall–Kier alpha value is -2.83. The fourth-order valence-electron chi connectivity index (χ4n) is 2.98. The van der Waals surface area contributed by atoms with Crippen LogP contribution in [0, 0.1) is 6.92 Å². The molecule has 0 atom stereocenters. The molecule has 0 fully saturated rings. The summed E-state index contributed by atoms with van der Waals surface area (Å²) in [6.07, 6.45) is 0. The molecule has 0 amide bonds. The van der Waals surface area contributed by atoms with E-state index in [2.05, 4.69) is 27.3 Å². The third kappa shape index (κ3) is 2.64. The van der Waals surface area contributed by atoms with Crippen molar-refractivity contribution < 1.29 is 0 Å². The largest absolute Gasteiger partial charge is 0.253 e. The Balaban J connectivity index is 0.00000168. The van der Waals surface area contributed by atoms with Crippen molar-refractivity contribution in [2.45, 2.75) is 6.92 Å². The van der Waals surface area contributed by atoms with Crippen molar-refractivity contribution in [1.82, 2.24) is 24.8 Å². The van der Waals surface area contributed by atoms with E-state index in [-0.39, 0.29) is 12.4 Å². The summed E-state index contributed by atoms with van der Waals surface area (Å²) in [4.78, 5) is 5.40. The van der Waals surface area contributed by atoms with E-state index < -0.39 is 0 Å². The lowest BCUT2D eigenvalue weighted by Crippen LogP contribution is -1.92. The minimum Gasteiger partial charge on any atom is -0.253 e. The molecular weight excluding hydrogens is 366 g/mol. The third-order valence-corrected chi connectivity index (χ3v) is 5.03. The van der Waals surface area contributed by atoms with Crippen molar-refractivity contribution in [3.63, 3.8) is 0 Å². The van der Waals surface area contributed by atoms with E-state index in [1.165, 1.54) is 11.3 Å². The highest BCUT2D eigenvalue weighted by Crippen LogP contribution is 2.32. The summed E-state index contributed by atoms with van der Waals surface area (Å²) in [5, 5.41) is 15.4. The Morgan fingerprint density at radius 2 is 1.69 bits per heavy atom. The minimum atomic E-state index is 0. The number of fused-ring (bicyclic) bond motifs is 2. The molecule has 128 valence electrons. The molecule has 3 aromatic heterocycles. The van der Waals surface area contributed by atoms with E-state index in [1.54, 1.807) is 0 Å². The van der Waals surface area contributed by atoms with Gasteiger partial charge in [0.25, 0.3) is 0 Å². The predicted octanol–water partition coefficient (Wildman–Crippen LogP) is 4.80. The van der Waals surface area contributed by atoms with E-state index in [9.17, 15) is 0 Å². The van der Waals surface area contributed by atoms with Crippen molar-refractivity contribution in [1.29, 1.82) is 0 Å². The molecule has 0 bridgehead atoms. The number of para-hydroxylation sites is 1. The van der Waals surface area contributed by atoms with Gasteiger partial charge < -0.3 is 0 Å². The second-order valence-corrected chi connectivity index (χ2v) is 6.78. The summed E-state index contributed by atoms with van der Waals surface area (Å²) in [6, 6.07) is 20.2. The monoisotopic (exact) mass is 379 g/mol. The molecule has 5 nitrogen and oxygen atoms in total. The van der Waals surface area contributed by atoms with Crippen molar-refractivity contribution in [3.05, 3.63) is 66.4 Å². The van der Waals surface area contributed by atoms with Crippen LogP contribution in [0.2, 0.25) is 0 Å². The summed E-state index contributed by atoms with van der Waals surface area (Å²) >= 11 is 1.54. The first kappa shape index (κ1) is 16.6. The Morgan fingerprint density at radius 3 is 2.54 bits per heavy atom. The highest BCUT2D eigenvalue weighted by atomic mass is 35.5. The predicted molar refractivity (Wildman–Crippen MR) is 107 cm³/mol. The first-order valence-electron chi connectivity index (χ1n) is 7.94. The zero-order chi connectivity index (χ0) is 16.8. The van der Waals surface area contributed by atoms with Gasteiger partial charge in [-0.1, -0.05) is 59.9 Å². The molecular formula is C19H14ClN5S. The van der Waals surface area contributed by atoms with Crippen molar-refractivity contribution in [2.24, 2.45) is 0 Å². The standard InChI is InChI=1S/C19H13N5S.ClH/c1-12-11-15(14-9-5-6-10-16(14)20-12)18-23-24-17(21-22-19(24)25-18)13-7-3-2-4-8-13;/h2-11H,1H3;1H. The van der Waals surface area contributed by atoms with Gasteiger partial charge in [-0.25, -0.2) is 0 Å². The average molecular weight is 380 g/mol. The number of aromatic nitrogens is 5. The molecule has 0 saturated carbocycles. The van der Waals surface area contributed by atoms with Gasteiger partial charge >= 0.3 is 0 Å². The highest BCUT2D eigenvalue weighted by Gasteiger charge is 2.16. The Kier molecular flexibility index (Phi) is 4.14. The summed E-state index contributed by atoms with van der Waals surface area (Å²) in [5.74, 6) is 0.758. The maximum Gasteiger partial charge on any atom is 0.235 e. The van der Waals surface area contributed by atoms with Crippen molar-refractivity contribution in [3.8, 4) is 22.0 Å². The van der Waals surface area contributed by atoms with Gasteiger partial charge in [-0.05, 0) is 19.1 Å². The molecule has 0 unspecified atom stereocenters. The average Bonchev–Trinajstić information content (AvgIpc) is 3.22. The molecule has 0 spiro atoms. The molecule has 26 heavy (non-hydrogen) atoms. The first-order valence-corrected chi connectivity index (χ1v) is 8.76. The first-order chi connectivity index (χ1) is 12.3. The van der Waals surface area contributed by atoms with Crippen LogP contribution in [-0.2, 0) is 0 Å². The van der Waals surface area contributed by atoms with Crippen LogP contribution in [0.15, 0.2) is 60.7 Å². The molecule has 0 saturated heterocycles. The number of pyridine rings is 1. The maximum absolute atomic E-state index is 4.79. The Bertz CT molecular complexity index is 1210. The summed E-state index contributed by atoms with van der Waals surface area (Å²) in [7, 11) is 0. The lowest BCUT2D eigenvalue weighted by atomic mass is 10.1. The van der Waals surface area contributed by atoms with Crippen LogP contribution in [0.3, 0.4) is 0 Å². The van der Waals surface area contributed by atoms with Gasteiger partial charge in [0.15, 0.2) is 5.82 Å². The van der Waals surface area contributed by atoms with Gasteiger partial charge in [0, 0.05) is 22.2 Å². The lowest BCUT2D eigenvalue weighted by molar-refractivity contribution is 0.971. The zero-order valence-electron chi connectivity index (χ0n) is 13.8. The van der Waals surface area contributed by atoms with Gasteiger partial charge in [-0.15, -0.1) is 22.6 Å². The molecule has 0 N–H and O–H groups in total. The summed E-state index contributed by atoms with van der Waals surface area (Å²) in [5.41, 5.74) is 4.04. The normalized spacial score (nSPS) is 11.0. The number of hydrogen-bond donors (Lipinski definition) is 0. The van der Waals surface area contributed by atoms with E-state index >= 15 is 0 Å². The van der Waals surface area contributed by atoms with Gasteiger partial charge in [0.1, 0.15) is 5.01 Å².